The summed E-state index contributed by atoms with van der Waals surface area (Å²) in [6.07, 6.45) is 2.30. The molecule has 2 unspecified atom stereocenters. The van der Waals surface area contributed by atoms with Crippen molar-refractivity contribution in [2.24, 2.45) is 5.92 Å². The highest BCUT2D eigenvalue weighted by atomic mass is 32.2. The Morgan fingerprint density at radius 2 is 2.27 bits per heavy atom. The quantitative estimate of drug-likeness (QED) is 0.780. The van der Waals surface area contributed by atoms with Gasteiger partial charge >= 0.3 is 0 Å². The van der Waals surface area contributed by atoms with E-state index in [0.717, 1.165) is 6.42 Å². The molecule has 0 aromatic carbocycles. The van der Waals surface area contributed by atoms with Crippen LogP contribution in [-0.2, 0) is 10.0 Å². The van der Waals surface area contributed by atoms with Gasteiger partial charge in [0.25, 0.3) is 10.0 Å². The maximum absolute atomic E-state index is 11.8. The third-order valence-corrected chi connectivity index (χ3v) is 3.93. The second-order valence-corrected chi connectivity index (χ2v) is 5.47. The molecule has 1 fully saturated rings. The van der Waals surface area contributed by atoms with Gasteiger partial charge in [-0.2, -0.15) is 0 Å². The van der Waals surface area contributed by atoms with Crippen LogP contribution in [0, 0.1) is 5.92 Å². The molecule has 82 valence electrons. The molecule has 0 saturated heterocycles. The Labute approximate surface area is 88.8 Å². The molecule has 2 atom stereocenters. The van der Waals surface area contributed by atoms with Gasteiger partial charge in [0.1, 0.15) is 0 Å². The van der Waals surface area contributed by atoms with E-state index < -0.39 is 10.0 Å². The number of nitrogen functional groups attached to an aromatic ring is 1. The van der Waals surface area contributed by atoms with Crippen molar-refractivity contribution in [3.63, 3.8) is 0 Å². The Morgan fingerprint density at radius 3 is 2.80 bits per heavy atom. The molecule has 0 aliphatic heterocycles. The van der Waals surface area contributed by atoms with E-state index in [0.29, 0.717) is 5.92 Å². The van der Waals surface area contributed by atoms with Crippen LogP contribution in [0.4, 0.5) is 5.69 Å². The fourth-order valence-electron chi connectivity index (χ4n) is 1.37. The van der Waals surface area contributed by atoms with E-state index in [9.17, 15) is 8.42 Å². The predicted octanol–water partition coefficient (Wildman–Crippen LogP) is 0.350. The summed E-state index contributed by atoms with van der Waals surface area (Å²) in [4.78, 5) is 3.78. The average molecular weight is 227 g/mol. The van der Waals surface area contributed by atoms with E-state index in [1.165, 1.54) is 12.3 Å². The second kappa shape index (κ2) is 3.46. The molecule has 1 aliphatic carbocycles. The van der Waals surface area contributed by atoms with E-state index in [-0.39, 0.29) is 16.8 Å². The lowest BCUT2D eigenvalue weighted by atomic mass is 10.4. The fraction of sp³-hybridized carbons (Fsp3) is 0.444. The molecule has 1 heterocycles. The third-order valence-electron chi connectivity index (χ3n) is 2.47. The number of rotatable bonds is 3. The second-order valence-electron chi connectivity index (χ2n) is 3.84. The molecule has 2 rings (SSSR count). The van der Waals surface area contributed by atoms with Gasteiger partial charge in [0, 0.05) is 12.2 Å². The molecular formula is C9H13N3O2S. The maximum Gasteiger partial charge on any atom is 0.260 e. The standard InChI is InChI=1S/C9H13N3O2S/c1-6-5-8(6)12-15(13,14)9-7(10)3-2-4-11-9/h2-4,6,8,12H,5,10H2,1H3. The van der Waals surface area contributed by atoms with Gasteiger partial charge < -0.3 is 5.73 Å². The Hall–Kier alpha value is -1.14. The number of anilines is 1. The maximum atomic E-state index is 11.8. The van der Waals surface area contributed by atoms with Gasteiger partial charge in [-0.25, -0.2) is 18.1 Å². The summed E-state index contributed by atoms with van der Waals surface area (Å²) in [6, 6.07) is 3.17. The van der Waals surface area contributed by atoms with Gasteiger partial charge in [-0.05, 0) is 24.5 Å². The van der Waals surface area contributed by atoms with Crippen molar-refractivity contribution in [2.45, 2.75) is 24.4 Å². The van der Waals surface area contributed by atoms with Crippen LogP contribution >= 0.6 is 0 Å². The Kier molecular flexibility index (Phi) is 2.40. The number of nitrogens with one attached hydrogen (secondary N) is 1. The Morgan fingerprint density at radius 1 is 1.60 bits per heavy atom. The highest BCUT2D eigenvalue weighted by Crippen LogP contribution is 2.30. The molecule has 0 bridgehead atoms. The summed E-state index contributed by atoms with van der Waals surface area (Å²) in [6.45, 7) is 2.00. The summed E-state index contributed by atoms with van der Waals surface area (Å²) in [5.41, 5.74) is 5.73. The van der Waals surface area contributed by atoms with Gasteiger partial charge in [0.05, 0.1) is 5.69 Å². The van der Waals surface area contributed by atoms with Crippen LogP contribution in [0.2, 0.25) is 0 Å². The first kappa shape index (κ1) is 10.4. The van der Waals surface area contributed by atoms with Crippen molar-refractivity contribution in [3.05, 3.63) is 18.3 Å². The van der Waals surface area contributed by atoms with Crippen molar-refractivity contribution in [3.8, 4) is 0 Å². The minimum atomic E-state index is -3.55. The fourth-order valence-corrected chi connectivity index (χ4v) is 2.79. The lowest BCUT2D eigenvalue weighted by Crippen LogP contribution is -2.28. The zero-order valence-electron chi connectivity index (χ0n) is 8.34. The van der Waals surface area contributed by atoms with E-state index >= 15 is 0 Å². The number of nitrogens with two attached hydrogens (primary N) is 1. The van der Waals surface area contributed by atoms with Crippen LogP contribution in [0.1, 0.15) is 13.3 Å². The monoisotopic (exact) mass is 227 g/mol. The van der Waals surface area contributed by atoms with E-state index in [2.05, 4.69) is 9.71 Å². The van der Waals surface area contributed by atoms with Gasteiger partial charge in [-0.1, -0.05) is 6.92 Å². The number of hydrogen-bond acceptors (Lipinski definition) is 4. The summed E-state index contributed by atoms with van der Waals surface area (Å²) >= 11 is 0. The molecule has 1 aliphatic rings. The van der Waals surface area contributed by atoms with Gasteiger partial charge in [0.2, 0.25) is 0 Å². The summed E-state index contributed by atoms with van der Waals surface area (Å²) in [7, 11) is -3.55. The van der Waals surface area contributed by atoms with Crippen molar-refractivity contribution in [2.75, 3.05) is 5.73 Å². The first-order valence-electron chi connectivity index (χ1n) is 4.73. The number of hydrogen-bond donors (Lipinski definition) is 2. The molecule has 15 heavy (non-hydrogen) atoms. The highest BCUT2D eigenvalue weighted by Gasteiger charge is 2.37. The molecule has 0 radical (unpaired) electrons. The van der Waals surface area contributed by atoms with Gasteiger partial charge in [-0.15, -0.1) is 0 Å². The van der Waals surface area contributed by atoms with Crippen molar-refractivity contribution >= 4 is 15.7 Å². The van der Waals surface area contributed by atoms with Gasteiger partial charge in [-0.3, -0.25) is 0 Å². The molecule has 1 aromatic heterocycles. The van der Waals surface area contributed by atoms with Crippen LogP contribution in [0.25, 0.3) is 0 Å². The van der Waals surface area contributed by atoms with Crippen LogP contribution in [0.3, 0.4) is 0 Å². The smallest absolute Gasteiger partial charge is 0.260 e. The van der Waals surface area contributed by atoms with E-state index in [1.807, 2.05) is 6.92 Å². The third kappa shape index (κ3) is 2.10. The van der Waals surface area contributed by atoms with Crippen molar-refractivity contribution in [1.29, 1.82) is 0 Å². The Balaban J connectivity index is 2.26. The SMILES string of the molecule is CC1CC1NS(=O)(=O)c1ncccc1N. The van der Waals surface area contributed by atoms with Crippen molar-refractivity contribution in [1.82, 2.24) is 9.71 Å². The Bertz CT molecular complexity index is 472. The molecule has 3 N–H and O–H groups in total. The number of pyridine rings is 1. The zero-order chi connectivity index (χ0) is 11.1. The normalized spacial score (nSPS) is 25.1. The first-order valence-corrected chi connectivity index (χ1v) is 6.22. The first-order chi connectivity index (χ1) is 7.00. The topological polar surface area (TPSA) is 85.1 Å². The van der Waals surface area contributed by atoms with E-state index in [4.69, 9.17) is 5.73 Å². The predicted molar refractivity (Wildman–Crippen MR) is 56.5 cm³/mol. The summed E-state index contributed by atoms with van der Waals surface area (Å²) < 4.78 is 26.2. The lowest BCUT2D eigenvalue weighted by molar-refractivity contribution is 0.575. The average Bonchev–Trinajstić information content (AvgIpc) is 2.81. The molecular weight excluding hydrogens is 214 g/mol. The summed E-state index contributed by atoms with van der Waals surface area (Å²) in [5.74, 6) is 0.407. The van der Waals surface area contributed by atoms with Gasteiger partial charge in [0.15, 0.2) is 5.03 Å². The van der Waals surface area contributed by atoms with Crippen LogP contribution in [-0.4, -0.2) is 19.4 Å². The number of sulfonamides is 1. The minimum absolute atomic E-state index is 0.0383. The molecule has 5 nitrogen and oxygen atoms in total. The van der Waals surface area contributed by atoms with Crippen LogP contribution < -0.4 is 10.5 Å². The molecule has 6 heteroatoms. The summed E-state index contributed by atoms with van der Waals surface area (Å²) in [5, 5.41) is -0.0795. The zero-order valence-corrected chi connectivity index (χ0v) is 9.16. The number of aromatic nitrogens is 1. The van der Waals surface area contributed by atoms with Crippen molar-refractivity contribution < 1.29 is 8.42 Å². The minimum Gasteiger partial charge on any atom is -0.396 e. The lowest BCUT2D eigenvalue weighted by Gasteiger charge is -2.06. The molecule has 0 spiro atoms. The number of nitrogens with zero attached hydrogens (tertiary/aromatic N) is 1. The molecule has 0 amide bonds. The molecule has 1 saturated carbocycles. The largest absolute Gasteiger partial charge is 0.396 e. The van der Waals surface area contributed by atoms with Crippen LogP contribution in [0.5, 0.6) is 0 Å². The van der Waals surface area contributed by atoms with Crippen LogP contribution in [0.15, 0.2) is 23.4 Å². The molecule has 1 aromatic rings. The van der Waals surface area contributed by atoms with E-state index in [1.54, 1.807) is 6.07 Å². The highest BCUT2D eigenvalue weighted by molar-refractivity contribution is 7.89.